The van der Waals surface area contributed by atoms with Crippen molar-refractivity contribution in [2.45, 2.75) is 38.5 Å². The smallest absolute Gasteiger partial charge is 0.141 e. The molecular weight excluding hydrogens is 653 g/mol. The first kappa shape index (κ1) is 32.5. The van der Waals surface area contributed by atoms with Crippen LogP contribution in [0.25, 0.3) is 38.9 Å². The largest absolute Gasteiger partial charge is 0.497 e. The second-order valence-corrected chi connectivity index (χ2v) is 13.8. The molecule has 260 valence electrons. The summed E-state index contributed by atoms with van der Waals surface area (Å²) < 4.78 is 16.4. The molecule has 8 aromatic rings. The Morgan fingerprint density at radius 1 is 0.679 bits per heavy atom. The number of hydrogen-bond acceptors (Lipinski definition) is 4. The Morgan fingerprint density at radius 2 is 1.43 bits per heavy atom. The molecule has 1 aliphatic rings. The van der Waals surface area contributed by atoms with Crippen LogP contribution < -0.4 is 9.47 Å². The number of aromatic nitrogens is 4. The van der Waals surface area contributed by atoms with Crippen molar-refractivity contribution >= 4 is 27.4 Å². The van der Waals surface area contributed by atoms with Gasteiger partial charge < -0.3 is 9.47 Å². The molecule has 0 aliphatic heterocycles. The Kier molecular flexibility index (Phi) is 8.35. The van der Waals surface area contributed by atoms with Crippen LogP contribution in [0.3, 0.4) is 0 Å². The van der Waals surface area contributed by atoms with Gasteiger partial charge in [-0.25, -0.2) is 9.67 Å². The highest BCUT2D eigenvalue weighted by molar-refractivity contribution is 6.09. The van der Waals surface area contributed by atoms with E-state index in [2.05, 4.69) is 138 Å². The predicted molar refractivity (Wildman–Crippen MR) is 214 cm³/mol. The van der Waals surface area contributed by atoms with Crippen molar-refractivity contribution in [2.24, 2.45) is 0 Å². The zero-order valence-corrected chi connectivity index (χ0v) is 30.1. The molecule has 3 aromatic heterocycles. The van der Waals surface area contributed by atoms with Gasteiger partial charge >= 0.3 is 0 Å². The zero-order valence-electron chi connectivity index (χ0n) is 30.1. The summed E-state index contributed by atoms with van der Waals surface area (Å²) in [5, 5.41) is 7.48. The molecule has 0 spiro atoms. The Balaban J connectivity index is 1.09. The molecule has 6 nitrogen and oxygen atoms in total. The standard InChI is InChI=1S/C47H40N4O2/c1-31-46(47-39(33-14-6-4-7-15-33)21-13-22-40(47)34-16-8-5-9-17-34)32(2)51(49-31)35-18-12-19-37(28-35)53-38-24-25-42-41-20-10-11-23-43(41)50(44(42)29-38)45-30-36(52-3)26-27-48-45/h4-12,14-21,23-30,40,47H,13,22H2,1-3H3/t40-,47?/m1/s1. The predicted octanol–water partition coefficient (Wildman–Crippen LogP) is 11.5. The van der Waals surface area contributed by atoms with E-state index in [9.17, 15) is 0 Å². The van der Waals surface area contributed by atoms with Crippen LogP contribution in [-0.2, 0) is 0 Å². The molecule has 0 bridgehead atoms. The lowest BCUT2D eigenvalue weighted by molar-refractivity contribution is 0.414. The van der Waals surface area contributed by atoms with Gasteiger partial charge in [-0.15, -0.1) is 0 Å². The molecule has 0 amide bonds. The second-order valence-electron chi connectivity index (χ2n) is 13.8. The quantitative estimate of drug-likeness (QED) is 0.159. The average molecular weight is 693 g/mol. The number of ether oxygens (including phenoxy) is 2. The molecule has 6 heteroatoms. The molecule has 0 saturated heterocycles. The minimum atomic E-state index is 0.180. The van der Waals surface area contributed by atoms with Gasteiger partial charge in [0.25, 0.3) is 0 Å². The molecule has 0 fully saturated rings. The van der Waals surface area contributed by atoms with Gasteiger partial charge in [-0.05, 0) is 85.7 Å². The molecule has 53 heavy (non-hydrogen) atoms. The van der Waals surface area contributed by atoms with Crippen LogP contribution in [0.15, 0.2) is 152 Å². The third-order valence-electron chi connectivity index (χ3n) is 10.7. The number of hydrogen-bond donors (Lipinski definition) is 0. The molecule has 0 N–H and O–H groups in total. The van der Waals surface area contributed by atoms with Crippen molar-refractivity contribution in [3.63, 3.8) is 0 Å². The molecule has 1 aliphatic carbocycles. The van der Waals surface area contributed by atoms with E-state index in [4.69, 9.17) is 19.6 Å². The maximum absolute atomic E-state index is 6.61. The van der Waals surface area contributed by atoms with Gasteiger partial charge in [0.15, 0.2) is 0 Å². The van der Waals surface area contributed by atoms with Crippen LogP contribution in [-0.4, -0.2) is 26.4 Å². The summed E-state index contributed by atoms with van der Waals surface area (Å²) in [7, 11) is 1.67. The van der Waals surface area contributed by atoms with Crippen LogP contribution in [0, 0.1) is 13.8 Å². The van der Waals surface area contributed by atoms with Crippen LogP contribution in [0.2, 0.25) is 0 Å². The van der Waals surface area contributed by atoms with E-state index in [0.29, 0.717) is 5.92 Å². The number of para-hydroxylation sites is 1. The van der Waals surface area contributed by atoms with Crippen LogP contribution in [0.5, 0.6) is 17.2 Å². The summed E-state index contributed by atoms with van der Waals surface area (Å²) in [5.74, 6) is 3.54. The van der Waals surface area contributed by atoms with E-state index in [1.165, 1.54) is 22.3 Å². The fraction of sp³-hybridized carbons (Fsp3) is 0.149. The van der Waals surface area contributed by atoms with Crippen molar-refractivity contribution in [3.05, 3.63) is 180 Å². The van der Waals surface area contributed by atoms with Crippen LogP contribution in [0.4, 0.5) is 0 Å². The molecule has 5 aromatic carbocycles. The summed E-state index contributed by atoms with van der Waals surface area (Å²) in [6, 6.07) is 48.6. The number of pyridine rings is 1. The average Bonchev–Trinajstić information content (AvgIpc) is 3.70. The summed E-state index contributed by atoms with van der Waals surface area (Å²) in [5.41, 5.74) is 10.6. The molecule has 0 saturated carbocycles. The normalized spacial score (nSPS) is 15.8. The van der Waals surface area contributed by atoms with Gasteiger partial charge in [-0.3, -0.25) is 4.57 Å². The van der Waals surface area contributed by atoms with E-state index < -0.39 is 0 Å². The molecule has 1 unspecified atom stereocenters. The zero-order chi connectivity index (χ0) is 35.9. The molecule has 9 rings (SSSR count). The maximum atomic E-state index is 6.61. The topological polar surface area (TPSA) is 54.1 Å². The van der Waals surface area contributed by atoms with Crippen molar-refractivity contribution in [2.75, 3.05) is 7.11 Å². The van der Waals surface area contributed by atoms with Gasteiger partial charge in [0, 0.05) is 52.3 Å². The van der Waals surface area contributed by atoms with E-state index in [1.54, 1.807) is 13.3 Å². The highest BCUT2D eigenvalue weighted by Gasteiger charge is 2.35. The third kappa shape index (κ3) is 5.86. The summed E-state index contributed by atoms with van der Waals surface area (Å²) in [6.45, 7) is 4.37. The second kappa shape index (κ2) is 13.6. The van der Waals surface area contributed by atoms with Gasteiger partial charge in [-0.1, -0.05) is 91.0 Å². The Bertz CT molecular complexity index is 2620. The van der Waals surface area contributed by atoms with E-state index in [-0.39, 0.29) is 5.92 Å². The van der Waals surface area contributed by atoms with Gasteiger partial charge in [-0.2, -0.15) is 5.10 Å². The highest BCUT2D eigenvalue weighted by Crippen LogP contribution is 2.50. The first-order valence-electron chi connectivity index (χ1n) is 18.3. The Morgan fingerprint density at radius 3 is 2.26 bits per heavy atom. The van der Waals surface area contributed by atoms with E-state index in [0.717, 1.165) is 74.8 Å². The molecule has 3 heterocycles. The minimum absolute atomic E-state index is 0.180. The van der Waals surface area contributed by atoms with Gasteiger partial charge in [0.05, 0.1) is 29.5 Å². The summed E-state index contributed by atoms with van der Waals surface area (Å²) in [4.78, 5) is 4.71. The minimum Gasteiger partial charge on any atom is -0.497 e. The first-order chi connectivity index (χ1) is 26.1. The number of allylic oxidation sites excluding steroid dienone is 2. The lowest BCUT2D eigenvalue weighted by Gasteiger charge is -2.34. The number of benzene rings is 5. The lowest BCUT2D eigenvalue weighted by atomic mass is 9.69. The first-order valence-corrected chi connectivity index (χ1v) is 18.3. The number of aryl methyl sites for hydroxylation is 1. The Hall–Kier alpha value is -6.40. The van der Waals surface area contributed by atoms with Gasteiger partial charge in [0.1, 0.15) is 23.1 Å². The molecule has 2 atom stereocenters. The van der Waals surface area contributed by atoms with Crippen molar-refractivity contribution < 1.29 is 9.47 Å². The van der Waals surface area contributed by atoms with Crippen LogP contribution >= 0.6 is 0 Å². The van der Waals surface area contributed by atoms with Crippen LogP contribution in [0.1, 0.15) is 52.8 Å². The van der Waals surface area contributed by atoms with E-state index in [1.807, 2.05) is 30.3 Å². The lowest BCUT2D eigenvalue weighted by Crippen LogP contribution is -2.18. The Labute approximate surface area is 309 Å². The number of rotatable bonds is 8. The number of nitrogens with zero attached hydrogens (tertiary/aromatic N) is 4. The van der Waals surface area contributed by atoms with Crippen molar-refractivity contribution in [1.29, 1.82) is 0 Å². The maximum Gasteiger partial charge on any atom is 0.141 e. The van der Waals surface area contributed by atoms with Crippen molar-refractivity contribution in [1.82, 2.24) is 19.3 Å². The SMILES string of the molecule is COc1ccnc(-n2c3ccccc3c3ccc(Oc4cccc(-n5nc(C)c(C6C(c7ccccc7)=CCC[C@@H]6c6ccccc6)c5C)c4)cc32)c1. The fourth-order valence-corrected chi connectivity index (χ4v) is 8.35. The monoisotopic (exact) mass is 692 g/mol. The third-order valence-corrected chi connectivity index (χ3v) is 10.7. The number of fused-ring (bicyclic) bond motifs is 3. The number of methoxy groups -OCH3 is 1. The molecule has 0 radical (unpaired) electrons. The van der Waals surface area contributed by atoms with E-state index >= 15 is 0 Å². The van der Waals surface area contributed by atoms with Crippen molar-refractivity contribution in [3.8, 4) is 28.8 Å². The van der Waals surface area contributed by atoms with Gasteiger partial charge in [0.2, 0.25) is 0 Å². The fourth-order valence-electron chi connectivity index (χ4n) is 8.35. The summed E-state index contributed by atoms with van der Waals surface area (Å²) >= 11 is 0. The summed E-state index contributed by atoms with van der Waals surface area (Å²) in [6.07, 6.45) is 6.37. The highest BCUT2D eigenvalue weighted by atomic mass is 16.5. The molecular formula is C47H40N4O2.